The van der Waals surface area contributed by atoms with Crippen LogP contribution in [0.15, 0.2) is 29.2 Å². The lowest BCUT2D eigenvalue weighted by atomic mass is 10.2. The normalized spacial score (nSPS) is 15.8. The van der Waals surface area contributed by atoms with Crippen molar-refractivity contribution >= 4 is 29.3 Å². The second-order valence-corrected chi connectivity index (χ2v) is 5.79. The lowest BCUT2D eigenvalue weighted by Crippen LogP contribution is -2.37. The topological polar surface area (TPSA) is 49.4 Å². The Bertz CT molecular complexity index is 491. The molecular formula is C15H20N2O2S. The maximum Gasteiger partial charge on any atom is 0.243 e. The van der Waals surface area contributed by atoms with E-state index in [0.717, 1.165) is 29.8 Å². The van der Waals surface area contributed by atoms with E-state index in [4.69, 9.17) is 0 Å². The Hall–Kier alpha value is -1.49. The largest absolute Gasteiger partial charge is 0.333 e. The van der Waals surface area contributed by atoms with E-state index in [1.165, 1.54) is 0 Å². The number of carbonyl (C=O) groups is 2. The van der Waals surface area contributed by atoms with Gasteiger partial charge in [-0.05, 0) is 37.3 Å². The minimum absolute atomic E-state index is 0.0931. The van der Waals surface area contributed by atoms with Crippen LogP contribution in [-0.2, 0) is 9.59 Å². The minimum Gasteiger partial charge on any atom is -0.333 e. The lowest BCUT2D eigenvalue weighted by Gasteiger charge is -2.19. The number of thioether (sulfide) groups is 1. The van der Waals surface area contributed by atoms with E-state index in [-0.39, 0.29) is 18.4 Å². The van der Waals surface area contributed by atoms with Gasteiger partial charge in [0.15, 0.2) is 0 Å². The number of rotatable bonds is 4. The monoisotopic (exact) mass is 292 g/mol. The van der Waals surface area contributed by atoms with Crippen molar-refractivity contribution in [1.29, 1.82) is 0 Å². The number of benzene rings is 1. The molecule has 20 heavy (non-hydrogen) atoms. The highest BCUT2D eigenvalue weighted by atomic mass is 32.2. The van der Waals surface area contributed by atoms with Crippen molar-refractivity contribution in [2.24, 2.45) is 0 Å². The van der Waals surface area contributed by atoms with Gasteiger partial charge in [-0.2, -0.15) is 0 Å². The Morgan fingerprint density at radius 2 is 2.20 bits per heavy atom. The highest BCUT2D eigenvalue weighted by molar-refractivity contribution is 7.98. The molecule has 1 aromatic carbocycles. The first-order chi connectivity index (χ1) is 9.69. The van der Waals surface area contributed by atoms with Crippen LogP contribution < -0.4 is 5.32 Å². The van der Waals surface area contributed by atoms with Gasteiger partial charge in [0.2, 0.25) is 11.8 Å². The maximum absolute atomic E-state index is 12.0. The van der Waals surface area contributed by atoms with E-state index in [9.17, 15) is 9.59 Å². The summed E-state index contributed by atoms with van der Waals surface area (Å²) in [7, 11) is 0. The predicted octanol–water partition coefficient (Wildman–Crippen LogP) is 2.75. The summed E-state index contributed by atoms with van der Waals surface area (Å²) in [4.78, 5) is 26.6. The van der Waals surface area contributed by atoms with Gasteiger partial charge in [-0.1, -0.05) is 12.5 Å². The molecule has 4 nitrogen and oxygen atoms in total. The molecule has 0 aromatic heterocycles. The third-order valence-electron chi connectivity index (χ3n) is 3.36. The fraction of sp³-hybridized carbons (Fsp3) is 0.467. The molecule has 1 aliphatic heterocycles. The summed E-state index contributed by atoms with van der Waals surface area (Å²) < 4.78 is 0. The number of anilines is 1. The summed E-state index contributed by atoms with van der Waals surface area (Å²) in [6.45, 7) is 0.847. The smallest absolute Gasteiger partial charge is 0.243 e. The van der Waals surface area contributed by atoms with Crippen LogP contribution in [0.1, 0.15) is 25.7 Å². The van der Waals surface area contributed by atoms with Gasteiger partial charge in [-0.25, -0.2) is 0 Å². The van der Waals surface area contributed by atoms with Crippen molar-refractivity contribution in [3.8, 4) is 0 Å². The standard InChI is InChI=1S/C15H20N2O2S/c1-20-13-7-5-6-12(10-13)16-14(18)11-17-9-4-2-3-8-15(17)19/h5-7,10H,2-4,8-9,11H2,1H3,(H,16,18). The van der Waals surface area contributed by atoms with Crippen molar-refractivity contribution in [1.82, 2.24) is 4.90 Å². The number of hydrogen-bond acceptors (Lipinski definition) is 3. The van der Waals surface area contributed by atoms with Gasteiger partial charge in [0.25, 0.3) is 0 Å². The second-order valence-electron chi connectivity index (χ2n) is 4.91. The molecule has 1 saturated heterocycles. The van der Waals surface area contributed by atoms with Crippen molar-refractivity contribution in [2.45, 2.75) is 30.6 Å². The quantitative estimate of drug-likeness (QED) is 0.868. The molecule has 2 rings (SSSR count). The SMILES string of the molecule is CSc1cccc(NC(=O)CN2CCCCCC2=O)c1. The fourth-order valence-electron chi connectivity index (χ4n) is 2.28. The van der Waals surface area contributed by atoms with Crippen molar-refractivity contribution in [3.05, 3.63) is 24.3 Å². The van der Waals surface area contributed by atoms with Gasteiger partial charge in [0.05, 0.1) is 6.54 Å². The lowest BCUT2D eigenvalue weighted by molar-refractivity contribution is -0.134. The Kier molecular flexibility index (Phi) is 5.47. The van der Waals surface area contributed by atoms with Crippen LogP contribution in [-0.4, -0.2) is 36.1 Å². The van der Waals surface area contributed by atoms with E-state index < -0.39 is 0 Å². The number of nitrogens with one attached hydrogen (secondary N) is 1. The van der Waals surface area contributed by atoms with Gasteiger partial charge in [0.1, 0.15) is 0 Å². The van der Waals surface area contributed by atoms with Gasteiger partial charge < -0.3 is 10.2 Å². The first kappa shape index (κ1) is 14.9. The molecule has 0 spiro atoms. The molecule has 0 unspecified atom stereocenters. The van der Waals surface area contributed by atoms with Crippen LogP contribution >= 0.6 is 11.8 Å². The van der Waals surface area contributed by atoms with Crippen LogP contribution in [0.2, 0.25) is 0 Å². The molecule has 1 heterocycles. The van der Waals surface area contributed by atoms with E-state index in [2.05, 4.69) is 5.32 Å². The number of hydrogen-bond donors (Lipinski definition) is 1. The number of amides is 2. The zero-order valence-electron chi connectivity index (χ0n) is 11.7. The summed E-state index contributed by atoms with van der Waals surface area (Å²) in [6.07, 6.45) is 5.55. The Balaban J connectivity index is 1.92. The first-order valence-corrected chi connectivity index (χ1v) is 8.13. The van der Waals surface area contributed by atoms with Crippen molar-refractivity contribution < 1.29 is 9.59 Å². The van der Waals surface area contributed by atoms with Crippen molar-refractivity contribution in [3.63, 3.8) is 0 Å². The van der Waals surface area contributed by atoms with Crippen LogP contribution in [0, 0.1) is 0 Å². The van der Waals surface area contributed by atoms with E-state index >= 15 is 0 Å². The Morgan fingerprint density at radius 3 is 3.00 bits per heavy atom. The number of nitrogens with zero attached hydrogens (tertiary/aromatic N) is 1. The summed E-state index contributed by atoms with van der Waals surface area (Å²) in [5, 5.41) is 2.86. The van der Waals surface area contributed by atoms with Gasteiger partial charge in [-0.15, -0.1) is 11.8 Å². The van der Waals surface area contributed by atoms with Crippen LogP contribution in [0.5, 0.6) is 0 Å². The molecule has 0 aliphatic carbocycles. The van der Waals surface area contributed by atoms with Gasteiger partial charge >= 0.3 is 0 Å². The molecule has 5 heteroatoms. The molecule has 108 valence electrons. The summed E-state index contributed by atoms with van der Waals surface area (Å²) in [5.41, 5.74) is 0.782. The maximum atomic E-state index is 12.0. The second kappa shape index (κ2) is 7.33. The van der Waals surface area contributed by atoms with Crippen LogP contribution in [0.3, 0.4) is 0 Å². The van der Waals surface area contributed by atoms with Gasteiger partial charge in [0, 0.05) is 23.5 Å². The average molecular weight is 292 g/mol. The molecule has 0 atom stereocenters. The molecule has 2 amide bonds. The summed E-state index contributed by atoms with van der Waals surface area (Å²) in [5.74, 6) is -0.0333. The first-order valence-electron chi connectivity index (χ1n) is 6.91. The van der Waals surface area contributed by atoms with Gasteiger partial charge in [-0.3, -0.25) is 9.59 Å². The predicted molar refractivity (Wildman–Crippen MR) is 81.9 cm³/mol. The fourth-order valence-corrected chi connectivity index (χ4v) is 2.74. The molecular weight excluding hydrogens is 272 g/mol. The van der Waals surface area contributed by atoms with Crippen LogP contribution in [0.4, 0.5) is 5.69 Å². The third-order valence-corrected chi connectivity index (χ3v) is 4.08. The number of likely N-dealkylation sites (tertiary alicyclic amines) is 1. The van der Waals surface area contributed by atoms with E-state index in [0.29, 0.717) is 13.0 Å². The molecule has 0 radical (unpaired) electrons. The Morgan fingerprint density at radius 1 is 1.35 bits per heavy atom. The van der Waals surface area contributed by atoms with E-state index in [1.807, 2.05) is 30.5 Å². The third kappa shape index (κ3) is 4.27. The van der Waals surface area contributed by atoms with Crippen LogP contribution in [0.25, 0.3) is 0 Å². The van der Waals surface area contributed by atoms with E-state index in [1.54, 1.807) is 16.7 Å². The highest BCUT2D eigenvalue weighted by Crippen LogP contribution is 2.19. The summed E-state index contributed by atoms with van der Waals surface area (Å²) in [6, 6.07) is 7.71. The molecule has 1 N–H and O–H groups in total. The molecule has 1 fully saturated rings. The average Bonchev–Trinajstić information content (AvgIpc) is 2.64. The zero-order valence-corrected chi connectivity index (χ0v) is 12.5. The molecule has 1 aliphatic rings. The Labute approximate surface area is 123 Å². The highest BCUT2D eigenvalue weighted by Gasteiger charge is 2.19. The molecule has 1 aromatic rings. The minimum atomic E-state index is -0.126. The van der Waals surface area contributed by atoms with Crippen molar-refractivity contribution in [2.75, 3.05) is 24.7 Å². The molecule has 0 bridgehead atoms. The summed E-state index contributed by atoms with van der Waals surface area (Å²) >= 11 is 1.63. The number of carbonyl (C=O) groups excluding carboxylic acids is 2. The molecule has 0 saturated carbocycles. The zero-order chi connectivity index (χ0) is 14.4.